The lowest BCUT2D eigenvalue weighted by Crippen LogP contribution is -2.64. The first-order valence-corrected chi connectivity index (χ1v) is 12.2. The molecule has 2 aliphatic rings. The van der Waals surface area contributed by atoms with Crippen LogP contribution in [0.3, 0.4) is 0 Å². The molecule has 3 rings (SSSR count). The fraction of sp³-hybridized carbons (Fsp3) is 0.560. The number of ether oxygens (including phenoxy) is 6. The van der Waals surface area contributed by atoms with Gasteiger partial charge in [-0.25, -0.2) is 4.79 Å². The van der Waals surface area contributed by atoms with E-state index in [2.05, 4.69) is 0 Å². The van der Waals surface area contributed by atoms with Crippen LogP contribution in [0.15, 0.2) is 30.3 Å². The number of rotatable bonds is 10. The van der Waals surface area contributed by atoms with Gasteiger partial charge in [-0.3, -0.25) is 9.59 Å². The zero-order chi connectivity index (χ0) is 29.6. The number of hydrogen-bond acceptors (Lipinski definition) is 15. The van der Waals surface area contributed by atoms with E-state index in [-0.39, 0.29) is 5.75 Å². The zero-order valence-corrected chi connectivity index (χ0v) is 21.6. The Kier molecular flexibility index (Phi) is 10.6. The average Bonchev–Trinajstić information content (AvgIpc) is 3.17. The standard InChI is InChI=1S/C25H32O15/c1-12(29)35-21-19(33)16(9-26)37-24(22(21)36-13(2)30)40-25(11-28)23(20(34)17(10-27)39-25)38-18(32)8-5-14-3-6-15(31)7-4-14/h3-8,16-17,19-24,26-28,31,33-34H,9-11H2,1-2H3/b8-5+/t16?,17?,19?,20?,21?,22?,23?,24?,25-/m0/s1. The summed E-state index contributed by atoms with van der Waals surface area (Å²) in [5.74, 6) is -5.23. The van der Waals surface area contributed by atoms with Gasteiger partial charge < -0.3 is 59.1 Å². The minimum atomic E-state index is -2.43. The molecule has 1 aromatic rings. The van der Waals surface area contributed by atoms with Crippen molar-refractivity contribution in [3.8, 4) is 5.75 Å². The molecule has 0 bridgehead atoms. The molecule has 9 atom stereocenters. The highest BCUT2D eigenvalue weighted by Gasteiger charge is 2.61. The molecule has 0 saturated carbocycles. The maximum Gasteiger partial charge on any atom is 0.331 e. The van der Waals surface area contributed by atoms with Crippen molar-refractivity contribution in [2.75, 3.05) is 19.8 Å². The van der Waals surface area contributed by atoms with Gasteiger partial charge in [0.2, 0.25) is 12.1 Å². The number of aliphatic hydroxyl groups is 5. The Labute approximate surface area is 228 Å². The number of carbonyl (C=O) groups excluding carboxylic acids is 3. The number of phenolic OH excluding ortho intramolecular Hbond substituents is 1. The number of aliphatic hydroxyl groups excluding tert-OH is 5. The van der Waals surface area contributed by atoms with Crippen LogP contribution < -0.4 is 0 Å². The number of carbonyl (C=O) groups is 3. The van der Waals surface area contributed by atoms with Crippen molar-refractivity contribution in [1.29, 1.82) is 0 Å². The maximum atomic E-state index is 12.7. The summed E-state index contributed by atoms with van der Waals surface area (Å²) in [6.07, 6.45) is -10.8. The summed E-state index contributed by atoms with van der Waals surface area (Å²) in [4.78, 5) is 36.2. The SMILES string of the molecule is CC(=O)OC1C(O[C@]2(CO)OC(CO)C(O)C2OC(=O)/C=C/c2ccc(O)cc2)OC(CO)C(O)C1OC(C)=O. The Morgan fingerprint density at radius 2 is 1.50 bits per heavy atom. The van der Waals surface area contributed by atoms with Gasteiger partial charge in [-0.2, -0.15) is 0 Å². The van der Waals surface area contributed by atoms with E-state index in [9.17, 15) is 45.0 Å². The van der Waals surface area contributed by atoms with E-state index in [1.807, 2.05) is 0 Å². The summed E-state index contributed by atoms with van der Waals surface area (Å²) >= 11 is 0. The predicted octanol–water partition coefficient (Wildman–Crippen LogP) is -2.28. The van der Waals surface area contributed by atoms with E-state index >= 15 is 0 Å². The van der Waals surface area contributed by atoms with Crippen LogP contribution in [-0.4, -0.2) is 123 Å². The molecule has 1 aromatic carbocycles. The van der Waals surface area contributed by atoms with Crippen LogP contribution in [0, 0.1) is 0 Å². The fourth-order valence-corrected chi connectivity index (χ4v) is 4.30. The highest BCUT2D eigenvalue weighted by atomic mass is 16.8. The molecule has 2 saturated heterocycles. The first-order valence-electron chi connectivity index (χ1n) is 12.2. The Morgan fingerprint density at radius 3 is 2.05 bits per heavy atom. The van der Waals surface area contributed by atoms with Crippen LogP contribution in [0.5, 0.6) is 5.75 Å². The summed E-state index contributed by atoms with van der Waals surface area (Å²) < 4.78 is 32.5. The molecule has 40 heavy (non-hydrogen) atoms. The van der Waals surface area contributed by atoms with Crippen molar-refractivity contribution in [3.63, 3.8) is 0 Å². The molecular formula is C25H32O15. The van der Waals surface area contributed by atoms with Crippen LogP contribution in [-0.2, 0) is 42.8 Å². The molecule has 6 N–H and O–H groups in total. The van der Waals surface area contributed by atoms with Gasteiger partial charge in [0.15, 0.2) is 18.3 Å². The fourth-order valence-electron chi connectivity index (χ4n) is 4.30. The van der Waals surface area contributed by atoms with Crippen molar-refractivity contribution >= 4 is 24.0 Å². The molecule has 0 aliphatic carbocycles. The number of hydrogen-bond donors (Lipinski definition) is 6. The van der Waals surface area contributed by atoms with Crippen LogP contribution in [0.4, 0.5) is 0 Å². The number of esters is 3. The Balaban J connectivity index is 1.92. The lowest BCUT2D eigenvalue weighted by molar-refractivity contribution is -0.384. The quantitative estimate of drug-likeness (QED) is 0.0985. The zero-order valence-electron chi connectivity index (χ0n) is 21.6. The van der Waals surface area contributed by atoms with E-state index in [1.165, 1.54) is 30.3 Å². The molecule has 0 radical (unpaired) electrons. The van der Waals surface area contributed by atoms with Gasteiger partial charge in [-0.1, -0.05) is 12.1 Å². The lowest BCUT2D eigenvalue weighted by atomic mass is 9.98. The number of benzene rings is 1. The minimum Gasteiger partial charge on any atom is -0.508 e. The summed E-state index contributed by atoms with van der Waals surface area (Å²) in [5, 5.41) is 60.4. The molecule has 222 valence electrons. The highest BCUT2D eigenvalue weighted by molar-refractivity contribution is 5.87. The molecule has 0 spiro atoms. The van der Waals surface area contributed by atoms with Crippen molar-refractivity contribution in [2.45, 2.75) is 68.7 Å². The largest absolute Gasteiger partial charge is 0.508 e. The second-order valence-corrected chi connectivity index (χ2v) is 9.06. The molecule has 2 aliphatic heterocycles. The van der Waals surface area contributed by atoms with Crippen LogP contribution in [0.2, 0.25) is 0 Å². The first-order chi connectivity index (χ1) is 18.9. The normalized spacial score (nSPS) is 34.0. The van der Waals surface area contributed by atoms with Crippen molar-refractivity contribution in [2.24, 2.45) is 0 Å². The second kappa shape index (κ2) is 13.5. The van der Waals surface area contributed by atoms with E-state index in [0.717, 1.165) is 19.9 Å². The maximum absolute atomic E-state index is 12.7. The summed E-state index contributed by atoms with van der Waals surface area (Å²) in [7, 11) is 0. The third-order valence-corrected chi connectivity index (χ3v) is 6.14. The molecule has 15 nitrogen and oxygen atoms in total. The van der Waals surface area contributed by atoms with Gasteiger partial charge >= 0.3 is 17.9 Å². The summed E-state index contributed by atoms with van der Waals surface area (Å²) in [6, 6.07) is 5.80. The van der Waals surface area contributed by atoms with Gasteiger partial charge in [0.05, 0.1) is 13.2 Å². The van der Waals surface area contributed by atoms with Crippen LogP contribution >= 0.6 is 0 Å². The number of aromatic hydroxyl groups is 1. The lowest BCUT2D eigenvalue weighted by Gasteiger charge is -2.45. The van der Waals surface area contributed by atoms with E-state index in [0.29, 0.717) is 5.56 Å². The molecule has 2 heterocycles. The average molecular weight is 573 g/mol. The predicted molar refractivity (Wildman–Crippen MR) is 129 cm³/mol. The van der Waals surface area contributed by atoms with Gasteiger partial charge in [0.25, 0.3) is 0 Å². The molecule has 8 unspecified atom stereocenters. The minimum absolute atomic E-state index is 0.00904. The molecule has 0 amide bonds. The third-order valence-electron chi connectivity index (χ3n) is 6.14. The summed E-state index contributed by atoms with van der Waals surface area (Å²) in [6.45, 7) is -0.665. The molecule has 2 fully saturated rings. The summed E-state index contributed by atoms with van der Waals surface area (Å²) in [5.41, 5.74) is 0.515. The topological polar surface area (TPSA) is 228 Å². The van der Waals surface area contributed by atoms with Crippen molar-refractivity contribution < 1.29 is 73.4 Å². The third kappa shape index (κ3) is 7.13. The van der Waals surface area contributed by atoms with Crippen LogP contribution in [0.1, 0.15) is 19.4 Å². The van der Waals surface area contributed by atoms with Gasteiger partial charge in [0.1, 0.15) is 36.8 Å². The highest BCUT2D eigenvalue weighted by Crippen LogP contribution is 2.39. The number of phenols is 1. The van der Waals surface area contributed by atoms with E-state index in [1.54, 1.807) is 0 Å². The smallest absolute Gasteiger partial charge is 0.331 e. The first kappa shape index (κ1) is 31.4. The molecular weight excluding hydrogens is 540 g/mol. The monoisotopic (exact) mass is 572 g/mol. The van der Waals surface area contributed by atoms with E-state index < -0.39 is 92.5 Å². The van der Waals surface area contributed by atoms with Gasteiger partial charge in [-0.15, -0.1) is 0 Å². The Morgan fingerprint density at radius 1 is 0.900 bits per heavy atom. The van der Waals surface area contributed by atoms with Crippen molar-refractivity contribution in [3.05, 3.63) is 35.9 Å². The molecule has 0 aromatic heterocycles. The van der Waals surface area contributed by atoms with Gasteiger partial charge in [-0.05, 0) is 23.8 Å². The molecule has 15 heteroatoms. The van der Waals surface area contributed by atoms with E-state index in [4.69, 9.17) is 28.4 Å². The second-order valence-electron chi connectivity index (χ2n) is 9.06. The Bertz CT molecular complexity index is 1060. The van der Waals surface area contributed by atoms with Gasteiger partial charge in [0, 0.05) is 19.9 Å². The van der Waals surface area contributed by atoms with Crippen molar-refractivity contribution in [1.82, 2.24) is 0 Å². The Hall–Kier alpha value is -3.15. The van der Waals surface area contributed by atoms with Crippen LogP contribution in [0.25, 0.3) is 6.08 Å².